The van der Waals surface area contributed by atoms with Gasteiger partial charge >= 0.3 is 0 Å². The number of nitrogens with zero attached hydrogens (tertiary/aromatic N) is 1. The van der Waals surface area contributed by atoms with Crippen molar-refractivity contribution in [2.24, 2.45) is 16.8 Å². The van der Waals surface area contributed by atoms with Crippen molar-refractivity contribution in [1.82, 2.24) is 5.43 Å². The molecule has 0 aromatic heterocycles. The Bertz CT molecular complexity index is 941. The van der Waals surface area contributed by atoms with Crippen molar-refractivity contribution in [3.63, 3.8) is 0 Å². The first kappa shape index (κ1) is 21.0. The van der Waals surface area contributed by atoms with Crippen LogP contribution in [-0.4, -0.2) is 17.1 Å². The fourth-order valence-corrected chi connectivity index (χ4v) is 5.59. The average Bonchev–Trinajstić information content (AvgIpc) is 2.59. The maximum atomic E-state index is 13.7. The summed E-state index contributed by atoms with van der Waals surface area (Å²) in [5.41, 5.74) is 9.24. The lowest BCUT2D eigenvalue weighted by atomic mass is 9.80. The number of hydrogen-bond acceptors (Lipinski definition) is 3. The van der Waals surface area contributed by atoms with Gasteiger partial charge < -0.3 is 5.73 Å². The molecule has 3 rings (SSSR count). The minimum Gasteiger partial charge on any atom is -0.375 e. The van der Waals surface area contributed by atoms with Gasteiger partial charge in [0.2, 0.25) is 0 Å². The van der Waals surface area contributed by atoms with E-state index >= 15 is 0 Å². The second kappa shape index (κ2) is 8.31. The molecule has 0 saturated heterocycles. The third-order valence-electron chi connectivity index (χ3n) is 4.09. The predicted octanol–water partition coefficient (Wildman–Crippen LogP) is 5.81. The maximum Gasteiger partial charge on any atom is 0.184 e. The molecule has 1 aliphatic heterocycles. The summed E-state index contributed by atoms with van der Waals surface area (Å²) in [6, 6.07) is 7.77. The number of thioether (sulfide) groups is 1. The number of benzene rings is 2. The van der Waals surface area contributed by atoms with E-state index in [9.17, 15) is 4.39 Å². The molecular formula is C17H12Cl4FN3S2. The third kappa shape index (κ3) is 4.16. The molecule has 2 aromatic rings. The highest BCUT2D eigenvalue weighted by atomic mass is 35.5. The molecule has 0 spiro atoms. The van der Waals surface area contributed by atoms with Crippen LogP contribution in [0.5, 0.6) is 0 Å². The second-order valence-corrected chi connectivity index (χ2v) is 9.09. The van der Waals surface area contributed by atoms with Crippen LogP contribution in [-0.2, 0) is 4.87 Å². The summed E-state index contributed by atoms with van der Waals surface area (Å²) in [6.07, 6.45) is 1.62. The van der Waals surface area contributed by atoms with E-state index in [1.54, 1.807) is 24.4 Å². The van der Waals surface area contributed by atoms with E-state index in [2.05, 4.69) is 10.5 Å². The van der Waals surface area contributed by atoms with Crippen LogP contribution in [0, 0.1) is 11.7 Å². The van der Waals surface area contributed by atoms with Crippen molar-refractivity contribution >= 4 is 81.7 Å². The maximum absolute atomic E-state index is 13.7. The van der Waals surface area contributed by atoms with Crippen LogP contribution in [0.4, 0.5) is 4.39 Å². The van der Waals surface area contributed by atoms with Gasteiger partial charge in [0.1, 0.15) is 10.7 Å². The molecule has 0 radical (unpaired) electrons. The molecule has 0 amide bonds. The number of rotatable bonds is 3. The molecule has 0 aliphatic carbocycles. The lowest BCUT2D eigenvalue weighted by Crippen LogP contribution is -2.38. The molecule has 1 aliphatic rings. The minimum absolute atomic E-state index is 0.0302. The Morgan fingerprint density at radius 2 is 2.04 bits per heavy atom. The first-order valence-electron chi connectivity index (χ1n) is 7.59. The zero-order valence-electron chi connectivity index (χ0n) is 13.5. The number of hydrazone groups is 1. The standard InChI is InChI=1S/C17H12Cl4FN3S2/c18-10-4-11-15(13(20)5-10)27-7-9(6-24-25-16(23)26)17(11,21)8-1-2-14(22)12(19)3-8/h1-6,9H,7H2,(H3,23,25,26). The summed E-state index contributed by atoms with van der Waals surface area (Å²) in [5, 5.41) is 5.00. The van der Waals surface area contributed by atoms with Gasteiger partial charge in [-0.25, -0.2) is 4.39 Å². The highest BCUT2D eigenvalue weighted by molar-refractivity contribution is 7.99. The van der Waals surface area contributed by atoms with Crippen LogP contribution in [0.25, 0.3) is 0 Å². The van der Waals surface area contributed by atoms with Gasteiger partial charge in [-0.3, -0.25) is 5.43 Å². The Labute approximate surface area is 185 Å². The van der Waals surface area contributed by atoms with Crippen molar-refractivity contribution in [3.8, 4) is 0 Å². The van der Waals surface area contributed by atoms with Crippen LogP contribution in [0.2, 0.25) is 15.1 Å². The van der Waals surface area contributed by atoms with Gasteiger partial charge in [0.05, 0.1) is 10.0 Å². The van der Waals surface area contributed by atoms with Crippen LogP contribution in [0.3, 0.4) is 0 Å². The topological polar surface area (TPSA) is 50.4 Å². The van der Waals surface area contributed by atoms with Crippen molar-refractivity contribution in [3.05, 3.63) is 62.3 Å². The summed E-state index contributed by atoms with van der Waals surface area (Å²) in [6.45, 7) is 0. The van der Waals surface area contributed by atoms with Crippen molar-refractivity contribution in [2.75, 3.05) is 5.75 Å². The van der Waals surface area contributed by atoms with E-state index in [1.807, 2.05) is 0 Å². The van der Waals surface area contributed by atoms with Gasteiger partial charge in [-0.1, -0.05) is 40.9 Å². The molecule has 3 nitrogen and oxygen atoms in total. The first-order valence-corrected chi connectivity index (χ1v) is 10.5. The molecule has 2 aromatic carbocycles. The van der Waals surface area contributed by atoms with Gasteiger partial charge in [0, 0.05) is 27.8 Å². The van der Waals surface area contributed by atoms with Crippen LogP contribution >= 0.6 is 70.4 Å². The summed E-state index contributed by atoms with van der Waals surface area (Å²) in [7, 11) is 0. The molecule has 2 atom stereocenters. The summed E-state index contributed by atoms with van der Waals surface area (Å²) >= 11 is 32.1. The van der Waals surface area contributed by atoms with Crippen LogP contribution < -0.4 is 11.2 Å². The number of alkyl halides is 1. The Balaban J connectivity index is 2.20. The number of hydrogen-bond donors (Lipinski definition) is 2. The highest BCUT2D eigenvalue weighted by Crippen LogP contribution is 2.54. The number of halogens is 5. The van der Waals surface area contributed by atoms with E-state index in [1.165, 1.54) is 23.9 Å². The van der Waals surface area contributed by atoms with Crippen molar-refractivity contribution in [1.29, 1.82) is 0 Å². The van der Waals surface area contributed by atoms with Crippen molar-refractivity contribution < 1.29 is 4.39 Å². The molecule has 0 saturated carbocycles. The lowest BCUT2D eigenvalue weighted by Gasteiger charge is -2.39. The van der Waals surface area contributed by atoms with E-state index in [-0.39, 0.29) is 16.1 Å². The minimum atomic E-state index is -1.12. The SMILES string of the molecule is NC(=S)NN=CC1CSc2c(Cl)cc(Cl)cc2C1(Cl)c1ccc(F)c(Cl)c1. The Morgan fingerprint density at radius 1 is 1.30 bits per heavy atom. The number of fused-ring (bicyclic) bond motifs is 1. The summed E-state index contributed by atoms with van der Waals surface area (Å²) in [4.78, 5) is -0.308. The number of nitrogens with two attached hydrogens (primary N) is 1. The largest absolute Gasteiger partial charge is 0.375 e. The summed E-state index contributed by atoms with van der Waals surface area (Å²) < 4.78 is 13.7. The van der Waals surface area contributed by atoms with E-state index in [0.29, 0.717) is 26.9 Å². The van der Waals surface area contributed by atoms with Gasteiger partial charge in [-0.15, -0.1) is 23.4 Å². The molecule has 1 heterocycles. The zero-order valence-corrected chi connectivity index (χ0v) is 18.1. The fourth-order valence-electron chi connectivity index (χ4n) is 2.89. The smallest absolute Gasteiger partial charge is 0.184 e. The van der Waals surface area contributed by atoms with Gasteiger partial charge in [0.25, 0.3) is 0 Å². The lowest BCUT2D eigenvalue weighted by molar-refractivity contribution is 0.580. The van der Waals surface area contributed by atoms with Crippen LogP contribution in [0.1, 0.15) is 11.1 Å². The zero-order chi connectivity index (χ0) is 19.8. The van der Waals surface area contributed by atoms with Crippen molar-refractivity contribution in [2.45, 2.75) is 9.77 Å². The number of nitrogens with one attached hydrogen (secondary N) is 1. The van der Waals surface area contributed by atoms with E-state index in [4.69, 9.17) is 64.4 Å². The van der Waals surface area contributed by atoms with Gasteiger partial charge in [0.15, 0.2) is 5.11 Å². The second-order valence-electron chi connectivity index (χ2n) is 5.78. The fraction of sp³-hybridized carbons (Fsp3) is 0.176. The first-order chi connectivity index (χ1) is 12.7. The van der Waals surface area contributed by atoms with Gasteiger partial charge in [-0.05, 0) is 47.6 Å². The predicted molar refractivity (Wildman–Crippen MR) is 117 cm³/mol. The molecule has 10 heteroatoms. The Hall–Kier alpha value is -0.760. The van der Waals surface area contributed by atoms with Crippen LogP contribution in [0.15, 0.2) is 40.3 Å². The number of thiocarbonyl (C=S) groups is 1. The molecule has 0 bridgehead atoms. The monoisotopic (exact) mass is 481 g/mol. The molecule has 3 N–H and O–H groups in total. The quantitative estimate of drug-likeness (QED) is 0.251. The molecular weight excluding hydrogens is 471 g/mol. The molecule has 0 fully saturated rings. The molecule has 27 heavy (non-hydrogen) atoms. The van der Waals surface area contributed by atoms with E-state index < -0.39 is 10.7 Å². The van der Waals surface area contributed by atoms with E-state index in [0.717, 1.165) is 4.90 Å². The molecule has 142 valence electrons. The Kier molecular flexibility index (Phi) is 6.45. The highest BCUT2D eigenvalue weighted by Gasteiger charge is 2.45. The average molecular weight is 483 g/mol. The Morgan fingerprint density at radius 3 is 2.70 bits per heavy atom. The third-order valence-corrected chi connectivity index (χ3v) is 7.05. The molecule has 2 unspecified atom stereocenters. The van der Waals surface area contributed by atoms with Gasteiger partial charge in [-0.2, -0.15) is 5.10 Å². The summed E-state index contributed by atoms with van der Waals surface area (Å²) in [5.74, 6) is -0.278. The normalized spacial score (nSPS) is 21.9.